The van der Waals surface area contributed by atoms with Crippen LogP contribution >= 0.6 is 31.9 Å². The smallest absolute Gasteiger partial charge is 0.324 e. The minimum Gasteiger partial charge on any atom is -0.489 e. The van der Waals surface area contributed by atoms with Crippen LogP contribution in [0, 0.1) is 10.1 Å². The third-order valence-electron chi connectivity index (χ3n) is 2.90. The van der Waals surface area contributed by atoms with E-state index in [-0.39, 0.29) is 18.3 Å². The first-order valence-corrected chi connectivity index (χ1v) is 7.72. The van der Waals surface area contributed by atoms with Gasteiger partial charge >= 0.3 is 5.97 Å². The fourth-order valence-electron chi connectivity index (χ4n) is 1.68. The summed E-state index contributed by atoms with van der Waals surface area (Å²) in [4.78, 5) is 21.4. The molecule has 1 fully saturated rings. The highest BCUT2D eigenvalue weighted by Gasteiger charge is 2.29. The summed E-state index contributed by atoms with van der Waals surface area (Å²) < 4.78 is 6.27. The van der Waals surface area contributed by atoms with Crippen LogP contribution in [0.2, 0.25) is 0 Å². The highest BCUT2D eigenvalue weighted by atomic mass is 79.9. The lowest BCUT2D eigenvalue weighted by atomic mass is 10.3. The topological polar surface area (TPSA) is 102 Å². The van der Waals surface area contributed by atoms with E-state index in [4.69, 9.17) is 9.84 Å². The molecule has 114 valence electrons. The van der Waals surface area contributed by atoms with Crippen molar-refractivity contribution in [2.45, 2.75) is 24.9 Å². The third-order valence-corrected chi connectivity index (χ3v) is 4.08. The lowest BCUT2D eigenvalue weighted by Gasteiger charge is -2.16. The van der Waals surface area contributed by atoms with Gasteiger partial charge in [0.05, 0.1) is 13.9 Å². The van der Waals surface area contributed by atoms with Crippen molar-refractivity contribution in [2.75, 3.05) is 6.61 Å². The Balaban J connectivity index is 2.07. The van der Waals surface area contributed by atoms with Crippen LogP contribution in [0.15, 0.2) is 21.1 Å². The second-order valence-corrected chi connectivity index (χ2v) is 6.35. The van der Waals surface area contributed by atoms with Crippen molar-refractivity contribution < 1.29 is 19.6 Å². The molecule has 1 saturated carbocycles. The van der Waals surface area contributed by atoms with Crippen LogP contribution in [-0.2, 0) is 4.79 Å². The molecule has 0 amide bonds. The summed E-state index contributed by atoms with van der Waals surface area (Å²) in [5, 5.41) is 22.8. The predicted octanol–water partition coefficient (Wildman–Crippen LogP) is 2.70. The van der Waals surface area contributed by atoms with Crippen LogP contribution in [0.25, 0.3) is 0 Å². The first-order chi connectivity index (χ1) is 9.88. The Morgan fingerprint density at radius 2 is 2.05 bits per heavy atom. The molecule has 1 aliphatic carbocycles. The molecule has 1 atom stereocenters. The number of hydrogen-bond donors (Lipinski definition) is 2. The number of nitrogens with one attached hydrogen (secondary N) is 1. The summed E-state index contributed by atoms with van der Waals surface area (Å²) in [6.07, 6.45) is 1.93. The molecule has 7 nitrogen and oxygen atoms in total. The molecular formula is C12H12Br2N2O5. The van der Waals surface area contributed by atoms with Crippen LogP contribution in [-0.4, -0.2) is 34.7 Å². The van der Waals surface area contributed by atoms with E-state index >= 15 is 0 Å². The maximum atomic E-state index is 11.1. The number of carboxylic acids is 1. The number of halogens is 2. The molecule has 0 bridgehead atoms. The number of carbonyl (C=O) groups is 1. The summed E-state index contributed by atoms with van der Waals surface area (Å²) in [6, 6.07) is 2.04. The van der Waals surface area contributed by atoms with Crippen LogP contribution in [0.3, 0.4) is 0 Å². The molecule has 0 aliphatic heterocycles. The molecule has 0 radical (unpaired) electrons. The predicted molar refractivity (Wildman–Crippen MR) is 81.6 cm³/mol. The lowest BCUT2D eigenvalue weighted by Crippen LogP contribution is -2.42. The molecule has 1 aromatic rings. The zero-order valence-corrected chi connectivity index (χ0v) is 13.9. The average molecular weight is 424 g/mol. The number of hydrogen-bond acceptors (Lipinski definition) is 5. The molecule has 0 spiro atoms. The van der Waals surface area contributed by atoms with E-state index in [1.54, 1.807) is 0 Å². The Morgan fingerprint density at radius 1 is 1.48 bits per heavy atom. The molecule has 9 heteroatoms. The van der Waals surface area contributed by atoms with Crippen molar-refractivity contribution in [1.82, 2.24) is 5.32 Å². The van der Waals surface area contributed by atoms with Gasteiger partial charge in [-0.1, -0.05) is 0 Å². The minimum atomic E-state index is -0.990. The Morgan fingerprint density at radius 3 is 2.48 bits per heavy atom. The largest absolute Gasteiger partial charge is 0.489 e. The Labute approximate surface area is 137 Å². The van der Waals surface area contributed by atoms with Gasteiger partial charge in [0.1, 0.15) is 18.4 Å². The van der Waals surface area contributed by atoms with Gasteiger partial charge in [0, 0.05) is 18.2 Å². The summed E-state index contributed by atoms with van der Waals surface area (Å²) in [7, 11) is 0. The molecule has 2 N–H and O–H groups in total. The maximum Gasteiger partial charge on any atom is 0.324 e. The monoisotopic (exact) mass is 422 g/mol. The first kappa shape index (κ1) is 16.2. The van der Waals surface area contributed by atoms with Crippen molar-refractivity contribution in [2.24, 2.45) is 0 Å². The molecule has 2 rings (SSSR count). The van der Waals surface area contributed by atoms with Crippen LogP contribution in [0.4, 0.5) is 5.69 Å². The van der Waals surface area contributed by atoms with E-state index in [1.807, 2.05) is 0 Å². The number of benzene rings is 1. The number of aliphatic carboxylic acids is 1. The van der Waals surface area contributed by atoms with Gasteiger partial charge in [-0.15, -0.1) is 0 Å². The molecule has 0 heterocycles. The van der Waals surface area contributed by atoms with Gasteiger partial charge in [0.25, 0.3) is 5.69 Å². The standard InChI is InChI=1S/C12H12Br2N2O5/c13-8-3-7(16(19)20)4-9(14)11(8)21-5-10(12(17)18)15-6-1-2-6/h3-4,6,10,15H,1-2,5H2,(H,17,18). The highest BCUT2D eigenvalue weighted by Crippen LogP contribution is 2.37. The van der Waals surface area contributed by atoms with Crippen molar-refractivity contribution in [1.29, 1.82) is 0 Å². The molecule has 1 unspecified atom stereocenters. The summed E-state index contributed by atoms with van der Waals surface area (Å²) in [5.41, 5.74) is -0.0908. The molecule has 0 saturated heterocycles. The van der Waals surface area contributed by atoms with E-state index in [2.05, 4.69) is 37.2 Å². The van der Waals surface area contributed by atoms with Crippen LogP contribution in [0.1, 0.15) is 12.8 Å². The van der Waals surface area contributed by atoms with Gasteiger partial charge in [0.15, 0.2) is 0 Å². The number of non-ortho nitro benzene ring substituents is 1. The number of ether oxygens (including phenoxy) is 1. The van der Waals surface area contributed by atoms with Crippen LogP contribution < -0.4 is 10.1 Å². The zero-order chi connectivity index (χ0) is 15.6. The third kappa shape index (κ3) is 4.39. The van der Waals surface area contributed by atoms with Gasteiger partial charge in [-0.25, -0.2) is 0 Å². The highest BCUT2D eigenvalue weighted by molar-refractivity contribution is 9.11. The van der Waals surface area contributed by atoms with Crippen molar-refractivity contribution >= 4 is 43.5 Å². The SMILES string of the molecule is O=C(O)C(COc1c(Br)cc([N+](=O)[O-])cc1Br)NC1CC1. The Kier molecular flexibility index (Phi) is 5.17. The maximum absolute atomic E-state index is 11.1. The van der Waals surface area contributed by atoms with E-state index in [0.717, 1.165) is 12.8 Å². The fourth-order valence-corrected chi connectivity index (χ4v) is 3.07. The quantitative estimate of drug-likeness (QED) is 0.516. The van der Waals surface area contributed by atoms with Gasteiger partial charge in [-0.05, 0) is 44.7 Å². The second-order valence-electron chi connectivity index (χ2n) is 4.64. The van der Waals surface area contributed by atoms with Crippen LogP contribution in [0.5, 0.6) is 5.75 Å². The van der Waals surface area contributed by atoms with Gasteiger partial charge in [-0.3, -0.25) is 20.2 Å². The average Bonchev–Trinajstić information content (AvgIpc) is 3.19. The summed E-state index contributed by atoms with van der Waals surface area (Å²) in [5.74, 6) is -0.652. The zero-order valence-electron chi connectivity index (χ0n) is 10.7. The fraction of sp³-hybridized carbons (Fsp3) is 0.417. The van der Waals surface area contributed by atoms with Crippen molar-refractivity contribution in [3.05, 3.63) is 31.2 Å². The summed E-state index contributed by atoms with van der Waals surface area (Å²) >= 11 is 6.38. The van der Waals surface area contributed by atoms with Crippen molar-refractivity contribution in [3.63, 3.8) is 0 Å². The number of nitrogens with zero attached hydrogens (tertiary/aromatic N) is 1. The van der Waals surface area contributed by atoms with Gasteiger partial charge in [-0.2, -0.15) is 0 Å². The number of carboxylic acid groups (broad SMARTS) is 1. The Hall–Kier alpha value is -1.19. The van der Waals surface area contributed by atoms with E-state index < -0.39 is 16.9 Å². The number of rotatable bonds is 7. The number of nitro benzene ring substituents is 1. The molecular weight excluding hydrogens is 412 g/mol. The van der Waals surface area contributed by atoms with E-state index in [9.17, 15) is 14.9 Å². The van der Waals surface area contributed by atoms with Gasteiger partial charge in [0.2, 0.25) is 0 Å². The first-order valence-electron chi connectivity index (χ1n) is 6.13. The normalized spacial score (nSPS) is 15.5. The second kappa shape index (κ2) is 6.71. The van der Waals surface area contributed by atoms with Gasteiger partial charge < -0.3 is 9.84 Å². The number of nitro groups is 1. The lowest BCUT2D eigenvalue weighted by molar-refractivity contribution is -0.385. The molecule has 21 heavy (non-hydrogen) atoms. The molecule has 0 aromatic heterocycles. The Bertz CT molecular complexity index is 554. The molecule has 1 aliphatic rings. The minimum absolute atomic E-state index is 0.0686. The van der Waals surface area contributed by atoms with Crippen molar-refractivity contribution in [3.8, 4) is 5.75 Å². The summed E-state index contributed by atoms with van der Waals surface area (Å²) in [6.45, 7) is -0.0686. The van der Waals surface area contributed by atoms with E-state index in [1.165, 1.54) is 12.1 Å². The van der Waals surface area contributed by atoms with E-state index in [0.29, 0.717) is 14.7 Å². The molecule has 1 aromatic carbocycles.